The van der Waals surface area contributed by atoms with Crippen molar-refractivity contribution in [2.24, 2.45) is 4.99 Å². The lowest BCUT2D eigenvalue weighted by molar-refractivity contribution is 0.666. The summed E-state index contributed by atoms with van der Waals surface area (Å²) in [5.41, 5.74) is 12.7. The number of nitrogens with one attached hydrogen (secondary N) is 1. The van der Waals surface area contributed by atoms with Crippen LogP contribution in [-0.4, -0.2) is 21.0 Å². The number of benzene rings is 7. The van der Waals surface area contributed by atoms with E-state index in [1.807, 2.05) is 6.07 Å². The number of rotatable bonds is 4. The molecule has 0 radical (unpaired) electrons. The summed E-state index contributed by atoms with van der Waals surface area (Å²) in [5.74, 6) is 0.829. The van der Waals surface area contributed by atoms with E-state index in [1.165, 1.54) is 38.2 Å². The monoisotopic (exact) mass is 704 g/mol. The van der Waals surface area contributed by atoms with E-state index in [0.29, 0.717) is 0 Å². The predicted octanol–water partition coefficient (Wildman–Crippen LogP) is 12.0. The van der Waals surface area contributed by atoms with Gasteiger partial charge < -0.3 is 18.9 Å². The molecule has 0 fully saturated rings. The van der Waals surface area contributed by atoms with Crippen molar-refractivity contribution in [2.75, 3.05) is 0 Å². The number of fused-ring (bicyclic) bond motifs is 10. The molecule has 2 aliphatic rings. The summed E-state index contributed by atoms with van der Waals surface area (Å²) in [6.07, 6.45) is 8.53. The zero-order chi connectivity index (χ0) is 36.0. The van der Waals surface area contributed by atoms with E-state index < -0.39 is 0 Å². The van der Waals surface area contributed by atoms with Crippen molar-refractivity contribution >= 4 is 77.1 Å². The fourth-order valence-corrected chi connectivity index (χ4v) is 8.88. The number of allylic oxidation sites excluding steroid dienone is 2. The van der Waals surface area contributed by atoms with Gasteiger partial charge in [0, 0.05) is 54.7 Å². The van der Waals surface area contributed by atoms with Crippen molar-refractivity contribution < 1.29 is 4.42 Å². The fraction of sp³-hybridized carbons (Fsp3) is 0.0200. The highest BCUT2D eigenvalue weighted by molar-refractivity contribution is 6.20. The largest absolute Gasteiger partial charge is 0.454 e. The predicted molar refractivity (Wildman–Crippen MR) is 228 cm³/mol. The first kappa shape index (κ1) is 30.1. The van der Waals surface area contributed by atoms with E-state index in [4.69, 9.17) is 9.41 Å². The molecule has 1 N–H and O–H groups in total. The normalized spacial score (nSPS) is 15.5. The van der Waals surface area contributed by atoms with Gasteiger partial charge in [0.25, 0.3) is 0 Å². The number of aliphatic imine (C=N–C) groups is 1. The van der Waals surface area contributed by atoms with Crippen molar-refractivity contribution in [1.82, 2.24) is 14.5 Å². The smallest absolute Gasteiger partial charge is 0.159 e. The molecule has 5 nitrogen and oxygen atoms in total. The molecule has 1 aliphatic carbocycles. The number of nitrogens with zero attached hydrogens (tertiary/aromatic N) is 3. The summed E-state index contributed by atoms with van der Waals surface area (Å²) >= 11 is 0. The van der Waals surface area contributed by atoms with Gasteiger partial charge in [-0.1, -0.05) is 127 Å². The number of hydrogen-bond acceptors (Lipinski definition) is 3. The summed E-state index contributed by atoms with van der Waals surface area (Å²) in [6, 6.07) is 56.3. The van der Waals surface area contributed by atoms with Crippen LogP contribution in [0.4, 0.5) is 0 Å². The molecule has 0 spiro atoms. The Bertz CT molecular complexity index is 3340. The van der Waals surface area contributed by atoms with Crippen LogP contribution in [0.2, 0.25) is 0 Å². The second kappa shape index (κ2) is 11.6. The van der Waals surface area contributed by atoms with Gasteiger partial charge in [0.05, 0.1) is 39.5 Å². The zero-order valence-corrected chi connectivity index (χ0v) is 29.6. The number of furan rings is 1. The first-order valence-corrected chi connectivity index (χ1v) is 18.8. The molecule has 7 aromatic carbocycles. The SMILES string of the molecule is C1=CC2=C(c3ccccc3)N=C(c3ccc4c(c3)oc3c(-n5c6ccccc6c6cc7c8ccccc8n(-c8ccccc8)c7cc65)cccc34)NC2C=C1. The van der Waals surface area contributed by atoms with Gasteiger partial charge in [-0.25, -0.2) is 4.99 Å². The maximum atomic E-state index is 6.94. The molecule has 55 heavy (non-hydrogen) atoms. The van der Waals surface area contributed by atoms with E-state index in [2.05, 4.69) is 190 Å². The van der Waals surface area contributed by atoms with E-state index in [-0.39, 0.29) is 6.04 Å². The molecule has 1 aliphatic heterocycles. The maximum Gasteiger partial charge on any atom is 0.159 e. The molecule has 10 aromatic rings. The Morgan fingerprint density at radius 2 is 1.20 bits per heavy atom. The number of hydrogen-bond donors (Lipinski definition) is 1. The Morgan fingerprint density at radius 1 is 0.509 bits per heavy atom. The van der Waals surface area contributed by atoms with E-state index in [0.717, 1.165) is 67.0 Å². The van der Waals surface area contributed by atoms with Gasteiger partial charge in [-0.15, -0.1) is 0 Å². The van der Waals surface area contributed by atoms with Crippen molar-refractivity contribution in [1.29, 1.82) is 0 Å². The molecule has 1 unspecified atom stereocenters. The van der Waals surface area contributed by atoms with Crippen LogP contribution in [0.25, 0.3) is 82.6 Å². The van der Waals surface area contributed by atoms with Crippen LogP contribution in [0.5, 0.6) is 0 Å². The minimum atomic E-state index is 0.0352. The van der Waals surface area contributed by atoms with Crippen molar-refractivity contribution in [3.63, 3.8) is 0 Å². The minimum absolute atomic E-state index is 0.0352. The van der Waals surface area contributed by atoms with Crippen LogP contribution in [-0.2, 0) is 0 Å². The molecule has 0 bridgehead atoms. The van der Waals surface area contributed by atoms with E-state index >= 15 is 0 Å². The Morgan fingerprint density at radius 3 is 2.00 bits per heavy atom. The molecule has 1 atom stereocenters. The lowest BCUT2D eigenvalue weighted by Gasteiger charge is -2.28. The van der Waals surface area contributed by atoms with Crippen molar-refractivity contribution in [3.8, 4) is 11.4 Å². The number of para-hydroxylation sites is 4. The molecule has 12 rings (SSSR count). The Hall–Kier alpha value is -7.37. The summed E-state index contributed by atoms with van der Waals surface area (Å²) in [7, 11) is 0. The van der Waals surface area contributed by atoms with Crippen molar-refractivity contribution in [2.45, 2.75) is 6.04 Å². The van der Waals surface area contributed by atoms with Crippen LogP contribution in [0.1, 0.15) is 11.1 Å². The van der Waals surface area contributed by atoms with Gasteiger partial charge in [-0.05, 0) is 54.6 Å². The second-order valence-corrected chi connectivity index (χ2v) is 14.4. The topological polar surface area (TPSA) is 47.4 Å². The highest BCUT2D eigenvalue weighted by Crippen LogP contribution is 2.42. The first-order chi connectivity index (χ1) is 27.3. The summed E-state index contributed by atoms with van der Waals surface area (Å²) < 4.78 is 11.7. The quantitative estimate of drug-likeness (QED) is 0.198. The fourth-order valence-electron chi connectivity index (χ4n) is 8.88. The number of aromatic nitrogens is 2. The number of amidine groups is 1. The summed E-state index contributed by atoms with van der Waals surface area (Å²) in [4.78, 5) is 5.22. The highest BCUT2D eigenvalue weighted by atomic mass is 16.3. The highest BCUT2D eigenvalue weighted by Gasteiger charge is 2.25. The minimum Gasteiger partial charge on any atom is -0.454 e. The maximum absolute atomic E-state index is 6.94. The van der Waals surface area contributed by atoms with Crippen LogP contribution in [0, 0.1) is 0 Å². The average Bonchev–Trinajstić information content (AvgIpc) is 3.90. The average molecular weight is 705 g/mol. The third-order valence-electron chi connectivity index (χ3n) is 11.3. The van der Waals surface area contributed by atoms with Crippen LogP contribution >= 0.6 is 0 Å². The Labute approximate surface area is 316 Å². The molecule has 0 saturated heterocycles. The van der Waals surface area contributed by atoms with Gasteiger partial charge in [-0.2, -0.15) is 0 Å². The molecule has 0 amide bonds. The third kappa shape index (κ3) is 4.44. The van der Waals surface area contributed by atoms with E-state index in [9.17, 15) is 0 Å². The Kier molecular flexibility index (Phi) is 6.33. The molecule has 0 saturated carbocycles. The van der Waals surface area contributed by atoms with Crippen LogP contribution in [0.3, 0.4) is 0 Å². The van der Waals surface area contributed by atoms with Gasteiger partial charge in [0.2, 0.25) is 0 Å². The molecule has 4 heterocycles. The van der Waals surface area contributed by atoms with Gasteiger partial charge in [0.15, 0.2) is 5.58 Å². The van der Waals surface area contributed by atoms with Crippen LogP contribution < -0.4 is 5.32 Å². The molecular formula is C50H32N4O. The summed E-state index contributed by atoms with van der Waals surface area (Å²) in [5, 5.41) is 10.7. The first-order valence-electron chi connectivity index (χ1n) is 18.8. The third-order valence-corrected chi connectivity index (χ3v) is 11.3. The van der Waals surface area contributed by atoms with Gasteiger partial charge >= 0.3 is 0 Å². The Balaban J connectivity index is 1.08. The second-order valence-electron chi connectivity index (χ2n) is 14.4. The standard InChI is InChI=1S/C50H32N4O/c1-3-14-31(15-4-1)48-38-20-7-10-22-41(38)51-50(52-48)32-26-27-36-37-21-13-25-44(49(37)55-47(36)28-32)54-43-24-12-9-19-35(43)40-29-39-34-18-8-11-23-42(34)53(45(39)30-46(40)54)33-16-5-2-6-17-33/h1-30,41H,(H,51,52). The molecular weight excluding hydrogens is 673 g/mol. The lowest BCUT2D eigenvalue weighted by atomic mass is 9.94. The van der Waals surface area contributed by atoms with E-state index in [1.54, 1.807) is 0 Å². The zero-order valence-electron chi connectivity index (χ0n) is 29.6. The van der Waals surface area contributed by atoms with Gasteiger partial charge in [-0.3, -0.25) is 0 Å². The van der Waals surface area contributed by atoms with Gasteiger partial charge in [0.1, 0.15) is 11.4 Å². The molecule has 258 valence electrons. The molecule has 5 heteroatoms. The van der Waals surface area contributed by atoms with Crippen molar-refractivity contribution in [3.05, 3.63) is 199 Å². The van der Waals surface area contributed by atoms with Crippen LogP contribution in [0.15, 0.2) is 197 Å². The summed E-state index contributed by atoms with van der Waals surface area (Å²) in [6.45, 7) is 0. The molecule has 3 aromatic heterocycles. The lowest BCUT2D eigenvalue weighted by Crippen LogP contribution is -2.39.